The number of aromatic nitrogens is 3. The van der Waals surface area contributed by atoms with E-state index in [0.717, 1.165) is 22.8 Å². The van der Waals surface area contributed by atoms with Gasteiger partial charge in [-0.3, -0.25) is 9.36 Å². The molecule has 6 nitrogen and oxygen atoms in total. The Balaban J connectivity index is 1.89. The average molecular weight is 411 g/mol. The third-order valence-corrected chi connectivity index (χ3v) is 5.59. The number of carbonyl (C=O) groups excluding carboxylic acids is 1. The fourth-order valence-corrected chi connectivity index (χ4v) is 3.94. The zero-order valence-electron chi connectivity index (χ0n) is 17.0. The van der Waals surface area contributed by atoms with Crippen molar-refractivity contribution in [3.05, 3.63) is 66.0 Å². The third kappa shape index (κ3) is 5.17. The zero-order valence-corrected chi connectivity index (χ0v) is 17.9. The lowest BCUT2D eigenvalue weighted by molar-refractivity contribution is -0.127. The number of nitrogens with zero attached hydrogens (tertiary/aromatic N) is 4. The molecule has 0 saturated heterocycles. The largest absolute Gasteiger partial charge is 0.497 e. The molecule has 0 unspecified atom stereocenters. The molecule has 3 aromatic rings. The summed E-state index contributed by atoms with van der Waals surface area (Å²) < 4.78 is 7.30. The van der Waals surface area contributed by atoms with Crippen molar-refractivity contribution in [2.45, 2.75) is 25.4 Å². The summed E-state index contributed by atoms with van der Waals surface area (Å²) in [5.41, 5.74) is 2.10. The van der Waals surface area contributed by atoms with Gasteiger partial charge in [-0.15, -0.1) is 10.2 Å². The number of thioether (sulfide) groups is 1. The van der Waals surface area contributed by atoms with Gasteiger partial charge >= 0.3 is 0 Å². The van der Waals surface area contributed by atoms with Crippen molar-refractivity contribution in [3.63, 3.8) is 0 Å². The fraction of sp³-hybridized carbons (Fsp3) is 0.318. The monoisotopic (exact) mass is 410 g/mol. The van der Waals surface area contributed by atoms with Crippen LogP contribution in [0.3, 0.4) is 0 Å². The van der Waals surface area contributed by atoms with Crippen molar-refractivity contribution in [1.29, 1.82) is 0 Å². The van der Waals surface area contributed by atoms with E-state index in [9.17, 15) is 4.79 Å². The minimum atomic E-state index is 0.105. The summed E-state index contributed by atoms with van der Waals surface area (Å²) in [4.78, 5) is 14.3. The Kier molecular flexibility index (Phi) is 7.30. The number of benzene rings is 2. The maximum atomic E-state index is 12.4. The molecule has 0 saturated carbocycles. The van der Waals surface area contributed by atoms with E-state index >= 15 is 0 Å². The normalized spacial score (nSPS) is 10.7. The highest BCUT2D eigenvalue weighted by Gasteiger charge is 2.18. The third-order valence-electron chi connectivity index (χ3n) is 4.68. The van der Waals surface area contributed by atoms with E-state index in [2.05, 4.69) is 22.3 Å². The van der Waals surface area contributed by atoms with Gasteiger partial charge in [0.15, 0.2) is 5.16 Å². The molecule has 0 bridgehead atoms. The van der Waals surface area contributed by atoms with E-state index in [-0.39, 0.29) is 5.91 Å². The van der Waals surface area contributed by atoms with Gasteiger partial charge in [0, 0.05) is 25.2 Å². The molecular formula is C22H26N4O2S. The van der Waals surface area contributed by atoms with Crippen LogP contribution in [-0.2, 0) is 11.2 Å². The Morgan fingerprint density at radius 2 is 1.72 bits per heavy atom. The number of amides is 1. The van der Waals surface area contributed by atoms with E-state index in [0.29, 0.717) is 30.4 Å². The van der Waals surface area contributed by atoms with Crippen LogP contribution in [0.2, 0.25) is 0 Å². The second kappa shape index (κ2) is 10.1. The van der Waals surface area contributed by atoms with E-state index in [1.165, 1.54) is 11.8 Å². The van der Waals surface area contributed by atoms with Crippen molar-refractivity contribution in [2.24, 2.45) is 0 Å². The van der Waals surface area contributed by atoms with Gasteiger partial charge in [-0.1, -0.05) is 42.1 Å². The van der Waals surface area contributed by atoms with Crippen LogP contribution < -0.4 is 4.74 Å². The summed E-state index contributed by atoms with van der Waals surface area (Å²) in [6.45, 7) is 5.40. The van der Waals surface area contributed by atoms with Crippen LogP contribution >= 0.6 is 11.8 Å². The Hall–Kier alpha value is -2.80. The minimum absolute atomic E-state index is 0.105. The average Bonchev–Trinajstić information content (AvgIpc) is 3.16. The van der Waals surface area contributed by atoms with Crippen LogP contribution in [0.25, 0.3) is 5.69 Å². The first-order valence-corrected chi connectivity index (χ1v) is 10.7. The Morgan fingerprint density at radius 3 is 2.34 bits per heavy atom. The van der Waals surface area contributed by atoms with E-state index in [4.69, 9.17) is 4.74 Å². The van der Waals surface area contributed by atoms with Gasteiger partial charge in [-0.2, -0.15) is 0 Å². The molecule has 0 radical (unpaired) electrons. The highest BCUT2D eigenvalue weighted by atomic mass is 32.2. The van der Waals surface area contributed by atoms with Crippen molar-refractivity contribution in [2.75, 3.05) is 26.0 Å². The number of hydrogen-bond donors (Lipinski definition) is 0. The second-order valence-corrected chi connectivity index (χ2v) is 7.39. The number of rotatable bonds is 9. The van der Waals surface area contributed by atoms with Crippen LogP contribution in [-0.4, -0.2) is 51.5 Å². The van der Waals surface area contributed by atoms with Crippen molar-refractivity contribution >= 4 is 17.7 Å². The summed E-state index contributed by atoms with van der Waals surface area (Å²) in [5, 5.41) is 9.53. The smallest absolute Gasteiger partial charge is 0.233 e. The molecule has 0 aliphatic rings. The van der Waals surface area contributed by atoms with Gasteiger partial charge in [0.1, 0.15) is 11.6 Å². The predicted octanol–water partition coefficient (Wildman–Crippen LogP) is 3.83. The van der Waals surface area contributed by atoms with E-state index < -0.39 is 0 Å². The quantitative estimate of drug-likeness (QED) is 0.502. The van der Waals surface area contributed by atoms with Gasteiger partial charge in [0.05, 0.1) is 12.9 Å². The molecule has 1 amide bonds. The van der Waals surface area contributed by atoms with Crippen molar-refractivity contribution in [3.8, 4) is 11.4 Å². The van der Waals surface area contributed by atoms with Gasteiger partial charge in [0.25, 0.3) is 0 Å². The Bertz CT molecular complexity index is 922. The number of methoxy groups -OCH3 is 1. The molecule has 0 fully saturated rings. The van der Waals surface area contributed by atoms with Crippen LogP contribution in [0.5, 0.6) is 5.75 Å². The molecule has 7 heteroatoms. The highest BCUT2D eigenvalue weighted by Crippen LogP contribution is 2.25. The van der Waals surface area contributed by atoms with Crippen molar-refractivity contribution < 1.29 is 9.53 Å². The maximum absolute atomic E-state index is 12.4. The molecule has 0 atom stereocenters. The lowest BCUT2D eigenvalue weighted by Gasteiger charge is -2.18. The van der Waals surface area contributed by atoms with Gasteiger partial charge in [-0.05, 0) is 43.7 Å². The highest BCUT2D eigenvalue weighted by molar-refractivity contribution is 7.99. The molecule has 29 heavy (non-hydrogen) atoms. The lowest BCUT2D eigenvalue weighted by Crippen LogP contribution is -2.31. The van der Waals surface area contributed by atoms with E-state index in [1.54, 1.807) is 7.11 Å². The summed E-state index contributed by atoms with van der Waals surface area (Å²) in [5.74, 6) is 2.06. The standard InChI is InChI=1S/C22H26N4O2S/c1-4-25(5-2)21(27)16-29-22-24-23-20(15-17-9-7-6-8-10-17)26(22)18-11-13-19(28-3)14-12-18/h6-14H,4-5,15-16H2,1-3H3. The first kappa shape index (κ1) is 20.9. The zero-order chi connectivity index (χ0) is 20.6. The molecule has 0 aliphatic carbocycles. The summed E-state index contributed by atoms with van der Waals surface area (Å²) in [7, 11) is 1.65. The summed E-state index contributed by atoms with van der Waals surface area (Å²) >= 11 is 1.42. The molecule has 2 aromatic carbocycles. The van der Waals surface area contributed by atoms with E-state index in [1.807, 2.05) is 65.8 Å². The SMILES string of the molecule is CCN(CC)C(=O)CSc1nnc(Cc2ccccc2)n1-c1ccc(OC)cc1. The molecule has 0 N–H and O–H groups in total. The molecule has 3 rings (SSSR count). The molecule has 0 spiro atoms. The molecule has 1 heterocycles. The first-order chi connectivity index (χ1) is 14.2. The minimum Gasteiger partial charge on any atom is -0.497 e. The molecular weight excluding hydrogens is 384 g/mol. The molecule has 152 valence electrons. The van der Waals surface area contributed by atoms with Gasteiger partial charge in [-0.25, -0.2) is 0 Å². The lowest BCUT2D eigenvalue weighted by atomic mass is 10.1. The number of carbonyl (C=O) groups is 1. The molecule has 1 aromatic heterocycles. The van der Waals surface area contributed by atoms with Crippen LogP contribution in [0.1, 0.15) is 25.2 Å². The number of ether oxygens (including phenoxy) is 1. The van der Waals surface area contributed by atoms with Gasteiger partial charge in [0.2, 0.25) is 5.91 Å². The van der Waals surface area contributed by atoms with Crippen LogP contribution in [0, 0.1) is 0 Å². The van der Waals surface area contributed by atoms with Crippen LogP contribution in [0.15, 0.2) is 59.8 Å². The maximum Gasteiger partial charge on any atom is 0.233 e. The summed E-state index contributed by atoms with van der Waals surface area (Å²) in [6, 6.07) is 18.0. The van der Waals surface area contributed by atoms with Gasteiger partial charge < -0.3 is 9.64 Å². The Morgan fingerprint density at radius 1 is 1.03 bits per heavy atom. The second-order valence-electron chi connectivity index (χ2n) is 6.45. The fourth-order valence-electron chi connectivity index (χ4n) is 3.07. The predicted molar refractivity (Wildman–Crippen MR) is 116 cm³/mol. The number of hydrogen-bond acceptors (Lipinski definition) is 5. The topological polar surface area (TPSA) is 60.2 Å². The van der Waals surface area contributed by atoms with Crippen molar-refractivity contribution in [1.82, 2.24) is 19.7 Å². The summed E-state index contributed by atoms with van der Waals surface area (Å²) in [6.07, 6.45) is 0.657. The molecule has 0 aliphatic heterocycles. The Labute approximate surface area is 175 Å². The first-order valence-electron chi connectivity index (χ1n) is 9.69. The van der Waals surface area contributed by atoms with Crippen LogP contribution in [0.4, 0.5) is 0 Å².